The Labute approximate surface area is 119 Å². The number of hydrogen-bond acceptors (Lipinski definition) is 5. The van der Waals surface area contributed by atoms with Crippen LogP contribution in [0.4, 0.5) is 0 Å². The summed E-state index contributed by atoms with van der Waals surface area (Å²) in [6.45, 7) is 7.17. The van der Waals surface area contributed by atoms with Crippen LogP contribution in [0.5, 0.6) is 0 Å². The first kappa shape index (κ1) is 16.4. The molecule has 0 aliphatic heterocycles. The quantitative estimate of drug-likeness (QED) is 0.529. The lowest BCUT2D eigenvalue weighted by Gasteiger charge is -2.22. The summed E-state index contributed by atoms with van der Waals surface area (Å²) in [4.78, 5) is 22.8. The first-order chi connectivity index (χ1) is 9.54. The maximum absolute atomic E-state index is 11.8. The number of rotatable bonds is 7. The predicted molar refractivity (Wildman–Crippen MR) is 74.1 cm³/mol. The van der Waals surface area contributed by atoms with Crippen molar-refractivity contribution in [3.63, 3.8) is 0 Å². The van der Waals surface area contributed by atoms with E-state index >= 15 is 0 Å². The van der Waals surface area contributed by atoms with Crippen LogP contribution in [0.3, 0.4) is 0 Å². The number of carbonyl (C=O) groups is 2. The van der Waals surface area contributed by atoms with Crippen LogP contribution in [0.1, 0.15) is 32.1 Å². The minimum atomic E-state index is -0.527. The SMILES string of the molecule is C=C(COCC(=C)C(=O)OC1CCCCC1)C(=O)OC. The molecule has 112 valence electrons. The van der Waals surface area contributed by atoms with Crippen molar-refractivity contribution in [1.82, 2.24) is 0 Å². The van der Waals surface area contributed by atoms with Crippen LogP contribution in [0.15, 0.2) is 24.3 Å². The number of carbonyl (C=O) groups excluding carboxylic acids is 2. The van der Waals surface area contributed by atoms with Crippen LogP contribution in [0, 0.1) is 0 Å². The van der Waals surface area contributed by atoms with E-state index in [0.29, 0.717) is 0 Å². The van der Waals surface area contributed by atoms with E-state index in [1.54, 1.807) is 0 Å². The summed E-state index contributed by atoms with van der Waals surface area (Å²) in [5.41, 5.74) is 0.439. The highest BCUT2D eigenvalue weighted by Crippen LogP contribution is 2.21. The number of ether oxygens (including phenoxy) is 3. The van der Waals surface area contributed by atoms with E-state index < -0.39 is 11.9 Å². The highest BCUT2D eigenvalue weighted by atomic mass is 16.5. The molecule has 5 heteroatoms. The Morgan fingerprint density at radius 3 is 2.10 bits per heavy atom. The summed E-state index contributed by atoms with van der Waals surface area (Å²) in [5, 5.41) is 0. The van der Waals surface area contributed by atoms with Crippen LogP contribution in [0.2, 0.25) is 0 Å². The molecular weight excluding hydrogens is 260 g/mol. The van der Waals surface area contributed by atoms with Gasteiger partial charge in [-0.1, -0.05) is 19.6 Å². The van der Waals surface area contributed by atoms with Gasteiger partial charge in [0.2, 0.25) is 0 Å². The Bertz CT molecular complexity index is 380. The molecule has 0 spiro atoms. The Balaban J connectivity index is 2.22. The molecule has 0 atom stereocenters. The topological polar surface area (TPSA) is 61.8 Å². The van der Waals surface area contributed by atoms with Crippen molar-refractivity contribution in [1.29, 1.82) is 0 Å². The third-order valence-corrected chi connectivity index (χ3v) is 3.14. The van der Waals surface area contributed by atoms with Crippen molar-refractivity contribution >= 4 is 11.9 Å². The summed E-state index contributed by atoms with van der Waals surface area (Å²) in [7, 11) is 1.27. The lowest BCUT2D eigenvalue weighted by atomic mass is 9.98. The van der Waals surface area contributed by atoms with Crippen molar-refractivity contribution in [2.45, 2.75) is 38.2 Å². The lowest BCUT2D eigenvalue weighted by Crippen LogP contribution is -2.23. The molecule has 0 amide bonds. The van der Waals surface area contributed by atoms with Gasteiger partial charge in [-0.15, -0.1) is 0 Å². The summed E-state index contributed by atoms with van der Waals surface area (Å²) < 4.78 is 15.0. The summed E-state index contributed by atoms with van der Waals surface area (Å²) in [5.74, 6) is -0.957. The number of hydrogen-bond donors (Lipinski definition) is 0. The largest absolute Gasteiger partial charge is 0.466 e. The van der Waals surface area contributed by atoms with E-state index in [-0.39, 0.29) is 30.5 Å². The van der Waals surface area contributed by atoms with E-state index in [1.165, 1.54) is 13.5 Å². The minimum absolute atomic E-state index is 0.00182. The van der Waals surface area contributed by atoms with E-state index in [9.17, 15) is 9.59 Å². The van der Waals surface area contributed by atoms with Gasteiger partial charge in [-0.2, -0.15) is 0 Å². The molecule has 0 radical (unpaired) electrons. The smallest absolute Gasteiger partial charge is 0.336 e. The summed E-state index contributed by atoms with van der Waals surface area (Å²) in [6, 6.07) is 0. The zero-order chi connectivity index (χ0) is 15.0. The fourth-order valence-corrected chi connectivity index (χ4v) is 1.98. The highest BCUT2D eigenvalue weighted by molar-refractivity contribution is 5.88. The second kappa shape index (κ2) is 8.53. The van der Waals surface area contributed by atoms with E-state index in [2.05, 4.69) is 17.9 Å². The van der Waals surface area contributed by atoms with Gasteiger partial charge < -0.3 is 14.2 Å². The van der Waals surface area contributed by atoms with Crippen molar-refractivity contribution in [3.05, 3.63) is 24.3 Å². The first-order valence-electron chi connectivity index (χ1n) is 6.77. The molecule has 0 N–H and O–H groups in total. The predicted octanol–water partition coefficient (Wildman–Crippen LogP) is 2.16. The molecule has 0 aromatic carbocycles. The van der Waals surface area contributed by atoms with E-state index in [1.807, 2.05) is 0 Å². The fourth-order valence-electron chi connectivity index (χ4n) is 1.98. The first-order valence-corrected chi connectivity index (χ1v) is 6.77. The lowest BCUT2D eigenvalue weighted by molar-refractivity contribution is -0.146. The molecular formula is C15H22O5. The van der Waals surface area contributed by atoms with Crippen molar-refractivity contribution in [3.8, 4) is 0 Å². The third kappa shape index (κ3) is 5.57. The Morgan fingerprint density at radius 2 is 1.55 bits per heavy atom. The normalized spacial score (nSPS) is 15.4. The molecule has 0 aromatic heterocycles. The Kier molecular flexibility index (Phi) is 7.01. The summed E-state index contributed by atoms with van der Waals surface area (Å²) >= 11 is 0. The molecule has 0 aromatic rings. The van der Waals surface area contributed by atoms with Gasteiger partial charge in [0.15, 0.2) is 0 Å². The second-order valence-electron chi connectivity index (χ2n) is 4.86. The van der Waals surface area contributed by atoms with Gasteiger partial charge in [0.05, 0.1) is 31.5 Å². The average molecular weight is 282 g/mol. The number of methoxy groups -OCH3 is 1. The van der Waals surface area contributed by atoms with Crippen LogP contribution < -0.4 is 0 Å². The van der Waals surface area contributed by atoms with Gasteiger partial charge in [0, 0.05) is 0 Å². The van der Waals surface area contributed by atoms with E-state index in [4.69, 9.17) is 9.47 Å². The van der Waals surface area contributed by atoms with Crippen molar-refractivity contribution < 1.29 is 23.8 Å². The van der Waals surface area contributed by atoms with Gasteiger partial charge in [-0.05, 0) is 25.7 Å². The van der Waals surface area contributed by atoms with Gasteiger partial charge in [0.25, 0.3) is 0 Å². The molecule has 0 saturated heterocycles. The van der Waals surface area contributed by atoms with Crippen LogP contribution in [0.25, 0.3) is 0 Å². The van der Waals surface area contributed by atoms with E-state index in [0.717, 1.165) is 25.7 Å². The average Bonchev–Trinajstić information content (AvgIpc) is 2.47. The highest BCUT2D eigenvalue weighted by Gasteiger charge is 2.19. The molecule has 1 fully saturated rings. The number of esters is 2. The molecule has 1 aliphatic rings. The molecule has 1 rings (SSSR count). The molecule has 1 saturated carbocycles. The standard InChI is InChI=1S/C15H22O5/c1-11(14(16)18-3)9-19-10-12(2)15(17)20-13-7-5-4-6-8-13/h13H,1-2,4-10H2,3H3. The summed E-state index contributed by atoms with van der Waals surface area (Å²) in [6.07, 6.45) is 5.23. The molecule has 0 bridgehead atoms. The molecule has 0 heterocycles. The molecule has 20 heavy (non-hydrogen) atoms. The van der Waals surface area contributed by atoms with Crippen LogP contribution in [-0.2, 0) is 23.8 Å². The van der Waals surface area contributed by atoms with Gasteiger partial charge in [-0.25, -0.2) is 9.59 Å². The monoisotopic (exact) mass is 282 g/mol. The van der Waals surface area contributed by atoms with Crippen LogP contribution in [-0.4, -0.2) is 38.4 Å². The second-order valence-corrected chi connectivity index (χ2v) is 4.86. The Morgan fingerprint density at radius 1 is 1.00 bits per heavy atom. The van der Waals surface area contributed by atoms with Gasteiger partial charge >= 0.3 is 11.9 Å². The van der Waals surface area contributed by atoms with Crippen molar-refractivity contribution in [2.24, 2.45) is 0 Å². The fraction of sp³-hybridized carbons (Fsp3) is 0.600. The third-order valence-electron chi connectivity index (χ3n) is 3.14. The molecule has 0 unspecified atom stereocenters. The van der Waals surface area contributed by atoms with Crippen molar-refractivity contribution in [2.75, 3.05) is 20.3 Å². The molecule has 5 nitrogen and oxygen atoms in total. The zero-order valence-corrected chi connectivity index (χ0v) is 12.0. The maximum atomic E-state index is 11.8. The van der Waals surface area contributed by atoms with Gasteiger partial charge in [0.1, 0.15) is 6.10 Å². The maximum Gasteiger partial charge on any atom is 0.336 e. The minimum Gasteiger partial charge on any atom is -0.466 e. The molecule has 1 aliphatic carbocycles. The Hall–Kier alpha value is -1.62. The zero-order valence-electron chi connectivity index (χ0n) is 12.0. The van der Waals surface area contributed by atoms with Crippen LogP contribution >= 0.6 is 0 Å². The van der Waals surface area contributed by atoms with Gasteiger partial charge in [-0.3, -0.25) is 0 Å².